The van der Waals surface area contributed by atoms with Crippen molar-refractivity contribution in [2.75, 3.05) is 12.4 Å². The zero-order valence-corrected chi connectivity index (χ0v) is 11.7. The maximum absolute atomic E-state index is 13.8. The number of hydrogen-bond acceptors (Lipinski definition) is 4. The second-order valence-electron chi connectivity index (χ2n) is 4.56. The predicted octanol–water partition coefficient (Wildman–Crippen LogP) is 3.92. The summed E-state index contributed by atoms with van der Waals surface area (Å²) >= 11 is 0. The molecule has 0 saturated carbocycles. The zero-order valence-electron chi connectivity index (χ0n) is 11.7. The lowest BCUT2D eigenvalue weighted by molar-refractivity contribution is -0.385. The normalized spacial score (nSPS) is 11.8. The van der Waals surface area contributed by atoms with Crippen molar-refractivity contribution in [3.63, 3.8) is 0 Å². The highest BCUT2D eigenvalue weighted by Crippen LogP contribution is 2.25. The smallest absolute Gasteiger partial charge is 0.272 e. The molecule has 2 aromatic rings. The van der Waals surface area contributed by atoms with Crippen LogP contribution in [0.25, 0.3) is 0 Å². The van der Waals surface area contributed by atoms with Crippen LogP contribution in [0.1, 0.15) is 18.5 Å². The van der Waals surface area contributed by atoms with Crippen molar-refractivity contribution in [3.8, 4) is 5.75 Å². The molecule has 0 heterocycles. The molecule has 2 rings (SSSR count). The van der Waals surface area contributed by atoms with Gasteiger partial charge in [0, 0.05) is 12.1 Å². The topological polar surface area (TPSA) is 64.4 Å². The van der Waals surface area contributed by atoms with Crippen LogP contribution >= 0.6 is 0 Å². The van der Waals surface area contributed by atoms with Gasteiger partial charge in [0.2, 0.25) is 0 Å². The van der Waals surface area contributed by atoms with Crippen molar-refractivity contribution in [1.82, 2.24) is 0 Å². The Bertz CT molecular complexity index is 644. The minimum absolute atomic E-state index is 0.146. The third kappa shape index (κ3) is 3.47. The van der Waals surface area contributed by atoms with Crippen molar-refractivity contribution in [2.24, 2.45) is 0 Å². The van der Waals surface area contributed by atoms with E-state index in [1.807, 2.05) is 31.2 Å². The first-order chi connectivity index (χ1) is 10.0. The van der Waals surface area contributed by atoms with Crippen molar-refractivity contribution < 1.29 is 14.1 Å². The summed E-state index contributed by atoms with van der Waals surface area (Å²) in [5.41, 5.74) is 0.910. The third-order valence-corrected chi connectivity index (χ3v) is 3.15. The monoisotopic (exact) mass is 290 g/mol. The molecule has 0 aromatic heterocycles. The highest BCUT2D eigenvalue weighted by molar-refractivity contribution is 5.51. The predicted molar refractivity (Wildman–Crippen MR) is 78.1 cm³/mol. The van der Waals surface area contributed by atoms with Crippen molar-refractivity contribution in [3.05, 3.63) is 64.0 Å². The zero-order chi connectivity index (χ0) is 15.4. The molecule has 1 N–H and O–H groups in total. The molecule has 110 valence electrons. The van der Waals surface area contributed by atoms with Gasteiger partial charge in [0.05, 0.1) is 23.8 Å². The molecule has 1 atom stereocenters. The molecule has 0 amide bonds. The number of nitro benzene ring substituents is 1. The van der Waals surface area contributed by atoms with Gasteiger partial charge in [-0.3, -0.25) is 10.1 Å². The number of hydrogen-bond donors (Lipinski definition) is 1. The van der Waals surface area contributed by atoms with Gasteiger partial charge in [0.15, 0.2) is 5.82 Å². The molecule has 0 saturated heterocycles. The van der Waals surface area contributed by atoms with Gasteiger partial charge in [-0.05, 0) is 30.7 Å². The minimum Gasteiger partial charge on any atom is -0.497 e. The SMILES string of the molecule is COc1ccc(C(C)Nc2ccc([N+](=O)[O-])cc2F)cc1. The van der Waals surface area contributed by atoms with Crippen LogP contribution in [-0.2, 0) is 0 Å². The van der Waals surface area contributed by atoms with E-state index in [1.54, 1.807) is 7.11 Å². The summed E-state index contributed by atoms with van der Waals surface area (Å²) in [4.78, 5) is 9.95. The first kappa shape index (κ1) is 14.8. The van der Waals surface area contributed by atoms with Gasteiger partial charge in [0.25, 0.3) is 5.69 Å². The van der Waals surface area contributed by atoms with Gasteiger partial charge in [-0.1, -0.05) is 12.1 Å². The van der Waals surface area contributed by atoms with Gasteiger partial charge >= 0.3 is 0 Å². The van der Waals surface area contributed by atoms with Crippen molar-refractivity contribution in [2.45, 2.75) is 13.0 Å². The van der Waals surface area contributed by atoms with Crippen LogP contribution in [0.15, 0.2) is 42.5 Å². The Kier molecular flexibility index (Phi) is 4.37. The maximum atomic E-state index is 13.8. The van der Waals surface area contributed by atoms with Crippen LogP contribution in [0.2, 0.25) is 0 Å². The van der Waals surface area contributed by atoms with Crippen LogP contribution in [0.4, 0.5) is 15.8 Å². The van der Waals surface area contributed by atoms with E-state index in [1.165, 1.54) is 12.1 Å². The minimum atomic E-state index is -0.649. The largest absolute Gasteiger partial charge is 0.497 e. The first-order valence-corrected chi connectivity index (χ1v) is 6.35. The fraction of sp³-hybridized carbons (Fsp3) is 0.200. The van der Waals surface area contributed by atoms with E-state index in [4.69, 9.17) is 4.74 Å². The Hall–Kier alpha value is -2.63. The molecule has 6 heteroatoms. The number of anilines is 1. The Morgan fingerprint density at radius 1 is 1.24 bits per heavy atom. The number of benzene rings is 2. The highest BCUT2D eigenvalue weighted by atomic mass is 19.1. The summed E-state index contributed by atoms with van der Waals surface area (Å²) in [7, 11) is 1.59. The Morgan fingerprint density at radius 3 is 2.43 bits per heavy atom. The summed E-state index contributed by atoms with van der Waals surface area (Å²) in [6.45, 7) is 1.88. The summed E-state index contributed by atoms with van der Waals surface area (Å²) in [5.74, 6) is 0.0945. The molecule has 0 aliphatic heterocycles. The highest BCUT2D eigenvalue weighted by Gasteiger charge is 2.13. The average molecular weight is 290 g/mol. The van der Waals surface area contributed by atoms with E-state index >= 15 is 0 Å². The molecular weight excluding hydrogens is 275 g/mol. The van der Waals surface area contributed by atoms with E-state index in [9.17, 15) is 14.5 Å². The molecule has 0 radical (unpaired) electrons. The van der Waals surface area contributed by atoms with Crippen molar-refractivity contribution in [1.29, 1.82) is 0 Å². The molecule has 2 aromatic carbocycles. The Labute approximate surface area is 121 Å². The van der Waals surface area contributed by atoms with Gasteiger partial charge in [0.1, 0.15) is 5.75 Å². The fourth-order valence-corrected chi connectivity index (χ4v) is 1.94. The number of rotatable bonds is 5. The molecule has 0 aliphatic carbocycles. The fourth-order valence-electron chi connectivity index (χ4n) is 1.94. The van der Waals surface area contributed by atoms with Crippen LogP contribution < -0.4 is 10.1 Å². The van der Waals surface area contributed by atoms with Gasteiger partial charge < -0.3 is 10.1 Å². The van der Waals surface area contributed by atoms with Gasteiger partial charge in [-0.15, -0.1) is 0 Å². The second-order valence-corrected chi connectivity index (χ2v) is 4.56. The summed E-state index contributed by atoms with van der Waals surface area (Å²) in [5, 5.41) is 13.6. The lowest BCUT2D eigenvalue weighted by Crippen LogP contribution is -2.08. The maximum Gasteiger partial charge on any atom is 0.272 e. The van der Waals surface area contributed by atoms with Crippen LogP contribution in [-0.4, -0.2) is 12.0 Å². The summed E-state index contributed by atoms with van der Waals surface area (Å²) in [6.07, 6.45) is 0. The van der Waals surface area contributed by atoms with Crippen LogP contribution in [0.5, 0.6) is 5.75 Å². The molecule has 1 unspecified atom stereocenters. The van der Waals surface area contributed by atoms with Gasteiger partial charge in [-0.2, -0.15) is 0 Å². The van der Waals surface area contributed by atoms with Crippen molar-refractivity contribution >= 4 is 11.4 Å². The molecule has 0 aliphatic rings. The number of nitro groups is 1. The average Bonchev–Trinajstić information content (AvgIpc) is 2.49. The molecular formula is C15H15FN2O3. The Morgan fingerprint density at radius 2 is 1.90 bits per heavy atom. The molecule has 21 heavy (non-hydrogen) atoms. The third-order valence-electron chi connectivity index (χ3n) is 3.15. The summed E-state index contributed by atoms with van der Waals surface area (Å²) < 4.78 is 18.9. The second kappa shape index (κ2) is 6.21. The van der Waals surface area contributed by atoms with E-state index in [-0.39, 0.29) is 17.4 Å². The standard InChI is InChI=1S/C15H15FN2O3/c1-10(11-3-6-13(21-2)7-4-11)17-15-8-5-12(18(19)20)9-14(15)16/h3-10,17H,1-2H3. The first-order valence-electron chi connectivity index (χ1n) is 6.35. The number of nitrogens with zero attached hydrogens (tertiary/aromatic N) is 1. The number of ether oxygens (including phenoxy) is 1. The lowest BCUT2D eigenvalue weighted by atomic mass is 10.1. The van der Waals surface area contributed by atoms with Crippen LogP contribution in [0.3, 0.4) is 0 Å². The summed E-state index contributed by atoms with van der Waals surface area (Å²) in [6, 6.07) is 10.8. The molecule has 0 fully saturated rings. The number of halogens is 1. The Balaban J connectivity index is 2.14. The quantitative estimate of drug-likeness (QED) is 0.669. The lowest BCUT2D eigenvalue weighted by Gasteiger charge is -2.16. The van der Waals surface area contributed by atoms with E-state index in [2.05, 4.69) is 5.32 Å². The molecule has 0 spiro atoms. The van der Waals surface area contributed by atoms with E-state index in [0.29, 0.717) is 0 Å². The van der Waals surface area contributed by atoms with Crippen LogP contribution in [0, 0.1) is 15.9 Å². The molecule has 5 nitrogen and oxygen atoms in total. The number of methoxy groups -OCH3 is 1. The number of nitrogens with one attached hydrogen (secondary N) is 1. The molecule has 0 bridgehead atoms. The number of non-ortho nitro benzene ring substituents is 1. The van der Waals surface area contributed by atoms with E-state index < -0.39 is 10.7 Å². The van der Waals surface area contributed by atoms with E-state index in [0.717, 1.165) is 17.4 Å². The van der Waals surface area contributed by atoms with Gasteiger partial charge in [-0.25, -0.2) is 4.39 Å².